The quantitative estimate of drug-likeness (QED) is 0.437. The number of rotatable bonds is 3. The molecule has 6 heteroatoms. The molecule has 1 aliphatic carbocycles. The Hall–Kier alpha value is -1.24. The smallest absolute Gasteiger partial charge is 0.222 e. The highest BCUT2D eigenvalue weighted by atomic mass is 79.9. The number of aromatic nitrogens is 1. The molecule has 0 saturated carbocycles. The van der Waals surface area contributed by atoms with E-state index in [2.05, 4.69) is 61.9 Å². The molecule has 0 bridgehead atoms. The molecule has 176 valence electrons. The molecule has 1 aromatic carbocycles. The average molecular weight is 576 g/mol. The van der Waals surface area contributed by atoms with Crippen molar-refractivity contribution in [1.29, 1.82) is 0 Å². The van der Waals surface area contributed by atoms with Crippen molar-refractivity contribution in [3.8, 4) is 0 Å². The summed E-state index contributed by atoms with van der Waals surface area (Å²) in [5.74, 6) is 1.58. The van der Waals surface area contributed by atoms with E-state index in [-0.39, 0.29) is 5.92 Å². The summed E-state index contributed by atoms with van der Waals surface area (Å²) in [4.78, 5) is 20.1. The van der Waals surface area contributed by atoms with E-state index in [1.165, 1.54) is 32.4 Å². The van der Waals surface area contributed by atoms with Crippen LogP contribution in [0.15, 0.2) is 33.3 Å². The largest absolute Gasteiger partial charge is 0.381 e. The van der Waals surface area contributed by atoms with Gasteiger partial charge in [-0.3, -0.25) is 9.78 Å². The van der Waals surface area contributed by atoms with E-state index < -0.39 is 0 Å². The number of hydrogen-bond acceptors (Lipinski definition) is 3. The van der Waals surface area contributed by atoms with E-state index in [1.54, 1.807) is 0 Å². The normalized spacial score (nSPS) is 21.9. The highest BCUT2D eigenvalue weighted by Gasteiger charge is 2.36. The first kappa shape index (κ1) is 23.5. The minimum atomic E-state index is 0.272. The monoisotopic (exact) mass is 574 g/mol. The Morgan fingerprint density at radius 2 is 1.79 bits per heavy atom. The lowest BCUT2D eigenvalue weighted by atomic mass is 9.76. The van der Waals surface area contributed by atoms with Gasteiger partial charge in [-0.25, -0.2) is 0 Å². The van der Waals surface area contributed by atoms with Crippen molar-refractivity contribution in [3.63, 3.8) is 0 Å². The molecule has 2 aliphatic heterocycles. The van der Waals surface area contributed by atoms with Gasteiger partial charge in [0, 0.05) is 53.8 Å². The first-order chi connectivity index (χ1) is 16.0. The summed E-state index contributed by atoms with van der Waals surface area (Å²) in [6.07, 6.45) is 8.79. The van der Waals surface area contributed by atoms with Gasteiger partial charge in [0.05, 0.1) is 5.69 Å². The molecule has 3 aliphatic rings. The second kappa shape index (κ2) is 10.2. The summed E-state index contributed by atoms with van der Waals surface area (Å²) >= 11 is 7.55. The first-order valence-corrected chi connectivity index (χ1v) is 13.9. The van der Waals surface area contributed by atoms with E-state index >= 15 is 0 Å². The van der Waals surface area contributed by atoms with Gasteiger partial charge in [0.2, 0.25) is 5.91 Å². The minimum Gasteiger partial charge on any atom is -0.381 e. The van der Waals surface area contributed by atoms with E-state index in [4.69, 9.17) is 9.72 Å². The van der Waals surface area contributed by atoms with Gasteiger partial charge in [-0.15, -0.1) is 0 Å². The van der Waals surface area contributed by atoms with Crippen molar-refractivity contribution in [2.75, 3.05) is 26.3 Å². The fourth-order valence-electron chi connectivity index (χ4n) is 6.03. The Bertz CT molecular complexity index is 1030. The van der Waals surface area contributed by atoms with Gasteiger partial charge in [-0.05, 0) is 108 Å². The standard InChI is InChI=1S/C27H32Br2N2O2/c1-17-12-20-2-3-21-15-22(28)16-30-27(21)26(25(20)23(29)13-17)19-4-8-31(9-5-19)24(32)14-18-6-10-33-11-7-18/h12-13,15-16,18-19,26H,2-11,14H2,1H3/t26-/m1/s1. The van der Waals surface area contributed by atoms with Crippen molar-refractivity contribution in [2.24, 2.45) is 11.8 Å². The topological polar surface area (TPSA) is 42.4 Å². The number of aryl methyl sites for hydroxylation is 3. The molecule has 1 aromatic heterocycles. The maximum absolute atomic E-state index is 13.0. The third-order valence-corrected chi connectivity index (χ3v) is 8.85. The fraction of sp³-hybridized carbons (Fsp3) is 0.556. The van der Waals surface area contributed by atoms with Crippen LogP contribution in [-0.2, 0) is 22.4 Å². The zero-order valence-electron chi connectivity index (χ0n) is 19.3. The molecule has 2 fully saturated rings. The van der Waals surface area contributed by atoms with Crippen LogP contribution in [0.2, 0.25) is 0 Å². The molecule has 2 saturated heterocycles. The molecule has 1 amide bonds. The molecule has 5 rings (SSSR count). The maximum atomic E-state index is 13.0. The number of piperidine rings is 1. The first-order valence-electron chi connectivity index (χ1n) is 12.3. The van der Waals surface area contributed by atoms with Crippen LogP contribution in [0.1, 0.15) is 66.0 Å². The van der Waals surface area contributed by atoms with Crippen LogP contribution in [0.25, 0.3) is 0 Å². The number of halogens is 2. The molecule has 0 unspecified atom stereocenters. The van der Waals surface area contributed by atoms with Crippen LogP contribution >= 0.6 is 31.9 Å². The lowest BCUT2D eigenvalue weighted by Gasteiger charge is -2.37. The van der Waals surface area contributed by atoms with Crippen molar-refractivity contribution in [3.05, 3.63) is 61.3 Å². The molecular weight excluding hydrogens is 544 g/mol. The van der Waals surface area contributed by atoms with Crippen molar-refractivity contribution in [2.45, 2.75) is 57.8 Å². The number of likely N-dealkylation sites (tertiary alicyclic amines) is 1. The number of amides is 1. The highest BCUT2D eigenvalue weighted by Crippen LogP contribution is 2.45. The lowest BCUT2D eigenvalue weighted by Crippen LogP contribution is -2.41. The van der Waals surface area contributed by atoms with Crippen molar-refractivity contribution >= 4 is 37.8 Å². The number of ether oxygens (including phenoxy) is 1. The number of carbonyl (C=O) groups excluding carboxylic acids is 1. The number of nitrogens with zero attached hydrogens (tertiary/aromatic N) is 2. The van der Waals surface area contributed by atoms with E-state index in [0.29, 0.717) is 24.2 Å². The Kier molecular flexibility index (Phi) is 7.24. The van der Waals surface area contributed by atoms with Crippen molar-refractivity contribution < 1.29 is 9.53 Å². The molecule has 0 N–H and O–H groups in total. The van der Waals surface area contributed by atoms with Gasteiger partial charge in [0.1, 0.15) is 0 Å². The minimum absolute atomic E-state index is 0.272. The zero-order valence-corrected chi connectivity index (χ0v) is 22.5. The van der Waals surface area contributed by atoms with Gasteiger partial charge in [0.25, 0.3) is 0 Å². The molecular formula is C27H32Br2N2O2. The average Bonchev–Trinajstić information content (AvgIpc) is 2.96. The summed E-state index contributed by atoms with van der Waals surface area (Å²) in [6, 6.07) is 6.87. The Morgan fingerprint density at radius 3 is 2.55 bits per heavy atom. The molecule has 1 atom stereocenters. The summed E-state index contributed by atoms with van der Waals surface area (Å²) in [6.45, 7) is 5.49. The van der Waals surface area contributed by atoms with Crippen LogP contribution < -0.4 is 0 Å². The number of hydrogen-bond donors (Lipinski definition) is 0. The van der Waals surface area contributed by atoms with Gasteiger partial charge in [-0.1, -0.05) is 22.0 Å². The van der Waals surface area contributed by atoms with E-state index in [9.17, 15) is 4.79 Å². The molecule has 4 nitrogen and oxygen atoms in total. The van der Waals surface area contributed by atoms with Gasteiger partial charge in [0.15, 0.2) is 0 Å². The Balaban J connectivity index is 1.38. The van der Waals surface area contributed by atoms with Crippen molar-refractivity contribution in [1.82, 2.24) is 9.88 Å². The van der Waals surface area contributed by atoms with Crippen LogP contribution in [0.5, 0.6) is 0 Å². The van der Waals surface area contributed by atoms with Gasteiger partial charge in [-0.2, -0.15) is 0 Å². The summed E-state index contributed by atoms with van der Waals surface area (Å²) in [5, 5.41) is 0. The summed E-state index contributed by atoms with van der Waals surface area (Å²) in [7, 11) is 0. The third-order valence-electron chi connectivity index (χ3n) is 7.76. The van der Waals surface area contributed by atoms with Gasteiger partial charge >= 0.3 is 0 Å². The predicted molar refractivity (Wildman–Crippen MR) is 138 cm³/mol. The number of pyridine rings is 1. The molecule has 0 radical (unpaired) electrons. The SMILES string of the molecule is Cc1cc(Br)c2c(c1)CCc1cc(Br)cnc1[C@@H]2C1CCN(C(=O)CC2CCOCC2)CC1. The third kappa shape index (κ3) is 5.08. The Labute approximate surface area is 213 Å². The zero-order chi connectivity index (χ0) is 22.9. The van der Waals surface area contributed by atoms with Crippen LogP contribution in [0, 0.1) is 18.8 Å². The molecule has 33 heavy (non-hydrogen) atoms. The second-order valence-electron chi connectivity index (χ2n) is 9.97. The van der Waals surface area contributed by atoms with E-state index in [0.717, 1.165) is 69.3 Å². The van der Waals surface area contributed by atoms with Crippen LogP contribution in [-0.4, -0.2) is 42.1 Å². The fourth-order valence-corrected chi connectivity index (χ4v) is 7.27. The molecule has 0 spiro atoms. The maximum Gasteiger partial charge on any atom is 0.222 e. The highest BCUT2D eigenvalue weighted by molar-refractivity contribution is 9.10. The second-order valence-corrected chi connectivity index (χ2v) is 11.7. The number of carbonyl (C=O) groups is 1. The summed E-state index contributed by atoms with van der Waals surface area (Å²) in [5.41, 5.74) is 6.75. The van der Waals surface area contributed by atoms with Crippen LogP contribution in [0.3, 0.4) is 0 Å². The lowest BCUT2D eigenvalue weighted by molar-refractivity contribution is -0.134. The number of benzene rings is 1. The van der Waals surface area contributed by atoms with E-state index in [1.807, 2.05) is 6.20 Å². The Morgan fingerprint density at radius 1 is 1.06 bits per heavy atom. The number of fused-ring (bicyclic) bond motifs is 2. The predicted octanol–water partition coefficient (Wildman–Crippen LogP) is 6.20. The van der Waals surface area contributed by atoms with Gasteiger partial charge < -0.3 is 9.64 Å². The summed E-state index contributed by atoms with van der Waals surface area (Å²) < 4.78 is 7.72. The molecule has 2 aromatic rings. The molecule has 3 heterocycles. The van der Waals surface area contributed by atoms with Crippen LogP contribution in [0.4, 0.5) is 0 Å².